The minimum Gasteiger partial charge on any atom is -0.321 e. The lowest BCUT2D eigenvalue weighted by Gasteiger charge is -2.26. The van der Waals surface area contributed by atoms with Crippen molar-refractivity contribution in [1.29, 1.82) is 0 Å². The molecule has 0 atom stereocenters. The first-order valence-electron chi connectivity index (χ1n) is 5.22. The quantitative estimate of drug-likeness (QED) is 0.881. The van der Waals surface area contributed by atoms with Gasteiger partial charge in [0.1, 0.15) is 5.01 Å². The largest absolute Gasteiger partial charge is 0.321 e. The molecular weight excluding hydrogens is 220 g/mol. The minimum absolute atomic E-state index is 0.142. The van der Waals surface area contributed by atoms with Crippen molar-refractivity contribution < 1.29 is 0 Å². The molecule has 86 valence electrons. The van der Waals surface area contributed by atoms with Crippen molar-refractivity contribution in [3.63, 3.8) is 0 Å². The Morgan fingerprint density at radius 2 is 2.31 bits per heavy atom. The second kappa shape index (κ2) is 4.35. The van der Waals surface area contributed by atoms with Gasteiger partial charge in [0.15, 0.2) is 0 Å². The molecular formula is C11H16N4S. The fourth-order valence-corrected chi connectivity index (χ4v) is 2.53. The minimum atomic E-state index is -0.142. The van der Waals surface area contributed by atoms with Crippen LogP contribution in [-0.4, -0.2) is 21.6 Å². The van der Waals surface area contributed by atoms with Crippen LogP contribution in [0.2, 0.25) is 0 Å². The Kier molecular flexibility index (Phi) is 3.07. The van der Waals surface area contributed by atoms with Gasteiger partial charge in [-0.1, -0.05) is 0 Å². The van der Waals surface area contributed by atoms with Gasteiger partial charge in [0.2, 0.25) is 0 Å². The lowest BCUT2D eigenvalue weighted by atomic mass is 10.1. The Bertz CT molecular complexity index is 444. The number of nitrogens with one attached hydrogen (secondary N) is 1. The fourth-order valence-electron chi connectivity index (χ4n) is 1.77. The zero-order valence-electron chi connectivity index (χ0n) is 9.77. The number of rotatable bonds is 4. The normalized spacial score (nSPS) is 11.9. The summed E-state index contributed by atoms with van der Waals surface area (Å²) in [5.74, 6) is 0. The maximum Gasteiger partial charge on any atom is 0.118 e. The summed E-state index contributed by atoms with van der Waals surface area (Å²) in [4.78, 5) is 8.61. The first kappa shape index (κ1) is 11.3. The van der Waals surface area contributed by atoms with Crippen LogP contribution in [-0.2, 0) is 12.1 Å². The number of hydrogen-bond donors (Lipinski definition) is 1. The van der Waals surface area contributed by atoms with Gasteiger partial charge in [-0.25, -0.2) is 9.97 Å². The van der Waals surface area contributed by atoms with E-state index >= 15 is 0 Å². The molecule has 0 spiro atoms. The predicted molar refractivity (Wildman–Crippen MR) is 65.5 cm³/mol. The zero-order valence-corrected chi connectivity index (χ0v) is 10.6. The molecule has 2 heterocycles. The van der Waals surface area contributed by atoms with E-state index in [0.29, 0.717) is 0 Å². The van der Waals surface area contributed by atoms with E-state index in [4.69, 9.17) is 0 Å². The lowest BCUT2D eigenvalue weighted by molar-refractivity contribution is 0.416. The highest BCUT2D eigenvalue weighted by Gasteiger charge is 2.27. The van der Waals surface area contributed by atoms with E-state index in [1.165, 1.54) is 5.69 Å². The molecule has 1 N–H and O–H groups in total. The maximum absolute atomic E-state index is 4.39. The second-order valence-electron chi connectivity index (χ2n) is 4.18. The second-order valence-corrected chi connectivity index (χ2v) is 5.08. The summed E-state index contributed by atoms with van der Waals surface area (Å²) in [5, 5.41) is 6.26. The Morgan fingerprint density at radius 3 is 2.94 bits per heavy atom. The van der Waals surface area contributed by atoms with Crippen molar-refractivity contribution in [1.82, 2.24) is 19.9 Å². The highest BCUT2D eigenvalue weighted by Crippen LogP contribution is 2.28. The first-order valence-corrected chi connectivity index (χ1v) is 6.10. The van der Waals surface area contributed by atoms with Gasteiger partial charge in [0.25, 0.3) is 0 Å². The Balaban J connectivity index is 2.39. The van der Waals surface area contributed by atoms with Gasteiger partial charge in [-0.05, 0) is 20.9 Å². The molecule has 2 aromatic heterocycles. The molecule has 0 aliphatic heterocycles. The number of hydrogen-bond acceptors (Lipinski definition) is 4. The van der Waals surface area contributed by atoms with E-state index in [1.807, 2.05) is 31.1 Å². The van der Waals surface area contributed by atoms with Crippen molar-refractivity contribution in [2.24, 2.45) is 0 Å². The summed E-state index contributed by atoms with van der Waals surface area (Å²) in [5.41, 5.74) is 1.03. The lowest BCUT2D eigenvalue weighted by Crippen LogP contribution is -2.29. The molecule has 4 nitrogen and oxygen atoms in total. The van der Waals surface area contributed by atoms with Gasteiger partial charge < -0.3 is 9.88 Å². The van der Waals surface area contributed by atoms with Crippen molar-refractivity contribution in [3.05, 3.63) is 34.8 Å². The van der Waals surface area contributed by atoms with Gasteiger partial charge in [0.05, 0.1) is 17.6 Å². The van der Waals surface area contributed by atoms with Gasteiger partial charge in [-0.2, -0.15) is 0 Å². The van der Waals surface area contributed by atoms with Gasteiger partial charge in [-0.15, -0.1) is 11.3 Å². The SMILES string of the molecule is CNCc1cncn1C(C)(C)c1nccs1. The highest BCUT2D eigenvalue weighted by atomic mass is 32.1. The smallest absolute Gasteiger partial charge is 0.118 e. The molecule has 0 aliphatic rings. The third kappa shape index (κ3) is 1.88. The topological polar surface area (TPSA) is 42.7 Å². The summed E-state index contributed by atoms with van der Waals surface area (Å²) < 4.78 is 2.17. The summed E-state index contributed by atoms with van der Waals surface area (Å²) >= 11 is 1.67. The molecule has 2 aromatic rings. The van der Waals surface area contributed by atoms with E-state index in [1.54, 1.807) is 11.3 Å². The van der Waals surface area contributed by atoms with Gasteiger partial charge >= 0.3 is 0 Å². The van der Waals surface area contributed by atoms with Crippen molar-refractivity contribution in [3.8, 4) is 0 Å². The molecule has 0 bridgehead atoms. The van der Waals surface area contributed by atoms with Crippen molar-refractivity contribution in [2.45, 2.75) is 25.9 Å². The molecule has 0 amide bonds. The molecule has 0 fully saturated rings. The van der Waals surface area contributed by atoms with Gasteiger partial charge in [-0.3, -0.25) is 0 Å². The van der Waals surface area contributed by atoms with Crippen molar-refractivity contribution >= 4 is 11.3 Å². The number of imidazole rings is 1. The van der Waals surface area contributed by atoms with Crippen LogP contribution in [0.25, 0.3) is 0 Å². The van der Waals surface area contributed by atoms with Crippen LogP contribution in [0.5, 0.6) is 0 Å². The third-order valence-electron chi connectivity index (χ3n) is 2.63. The zero-order chi connectivity index (χ0) is 11.6. The average molecular weight is 236 g/mol. The summed E-state index contributed by atoms with van der Waals surface area (Å²) in [6.07, 6.45) is 5.61. The predicted octanol–water partition coefficient (Wildman–Crippen LogP) is 1.84. The van der Waals surface area contributed by atoms with Crippen LogP contribution in [0.3, 0.4) is 0 Å². The molecule has 0 saturated heterocycles. The summed E-state index contributed by atoms with van der Waals surface area (Å²) in [6, 6.07) is 0. The first-order chi connectivity index (χ1) is 7.66. The molecule has 16 heavy (non-hydrogen) atoms. The van der Waals surface area contributed by atoms with Crippen LogP contribution in [0.1, 0.15) is 24.5 Å². The van der Waals surface area contributed by atoms with E-state index in [2.05, 4.69) is 33.7 Å². The third-order valence-corrected chi connectivity index (χ3v) is 3.72. The molecule has 0 radical (unpaired) electrons. The molecule has 0 unspecified atom stereocenters. The van der Waals surface area contributed by atoms with Crippen LogP contribution in [0.4, 0.5) is 0 Å². The van der Waals surface area contributed by atoms with Crippen LogP contribution < -0.4 is 5.32 Å². The fraction of sp³-hybridized carbons (Fsp3) is 0.455. The number of nitrogens with zero attached hydrogens (tertiary/aromatic N) is 3. The van der Waals surface area contributed by atoms with E-state index in [9.17, 15) is 0 Å². The number of aromatic nitrogens is 3. The maximum atomic E-state index is 4.39. The molecule has 5 heteroatoms. The van der Waals surface area contributed by atoms with E-state index in [0.717, 1.165) is 11.6 Å². The Hall–Kier alpha value is -1.20. The van der Waals surface area contributed by atoms with Crippen molar-refractivity contribution in [2.75, 3.05) is 7.05 Å². The monoisotopic (exact) mass is 236 g/mol. The van der Waals surface area contributed by atoms with Crippen LogP contribution in [0, 0.1) is 0 Å². The van der Waals surface area contributed by atoms with Crippen LogP contribution >= 0.6 is 11.3 Å². The average Bonchev–Trinajstić information content (AvgIpc) is 2.88. The Morgan fingerprint density at radius 1 is 1.50 bits per heavy atom. The summed E-state index contributed by atoms with van der Waals surface area (Å²) in [6.45, 7) is 5.13. The standard InChI is InChI=1S/C11H16N4S/c1-11(2,10-14-4-5-16-10)15-8-13-7-9(15)6-12-3/h4-5,7-8,12H,6H2,1-3H3. The molecule has 0 aliphatic carbocycles. The Labute approximate surface area is 99.4 Å². The van der Waals surface area contributed by atoms with Crippen LogP contribution in [0.15, 0.2) is 24.1 Å². The molecule has 2 rings (SSSR count). The molecule has 0 saturated carbocycles. The van der Waals surface area contributed by atoms with E-state index in [-0.39, 0.29) is 5.54 Å². The molecule has 0 aromatic carbocycles. The van der Waals surface area contributed by atoms with E-state index < -0.39 is 0 Å². The van der Waals surface area contributed by atoms with Gasteiger partial charge in [0, 0.05) is 24.3 Å². The number of thiazole rings is 1. The summed E-state index contributed by atoms with van der Waals surface area (Å²) in [7, 11) is 1.94. The highest BCUT2D eigenvalue weighted by molar-refractivity contribution is 7.09.